The second-order valence-corrected chi connectivity index (χ2v) is 5.28. The number of halogens is 1. The minimum absolute atomic E-state index is 0.112. The summed E-state index contributed by atoms with van der Waals surface area (Å²) in [5.74, 6) is 1.16. The van der Waals surface area contributed by atoms with Crippen molar-refractivity contribution in [2.45, 2.75) is 34.1 Å². The summed E-state index contributed by atoms with van der Waals surface area (Å²) >= 11 is 5.92. The van der Waals surface area contributed by atoms with Crippen LogP contribution < -0.4 is 10.1 Å². The van der Waals surface area contributed by atoms with E-state index in [9.17, 15) is 0 Å². The van der Waals surface area contributed by atoms with Crippen molar-refractivity contribution in [3.8, 4) is 11.8 Å². The molecule has 21 heavy (non-hydrogen) atoms. The zero-order valence-electron chi connectivity index (χ0n) is 12.7. The molecule has 0 saturated heterocycles. The fourth-order valence-corrected chi connectivity index (χ4v) is 2.05. The Balaban J connectivity index is 2.29. The van der Waals surface area contributed by atoms with Crippen molar-refractivity contribution in [2.24, 2.45) is 0 Å². The largest absolute Gasteiger partial charge is 0.424 e. The molecule has 0 aliphatic carbocycles. The van der Waals surface area contributed by atoms with Crippen LogP contribution in [0.1, 0.15) is 30.0 Å². The Bertz CT molecular complexity index is 646. The van der Waals surface area contributed by atoms with E-state index in [1.165, 1.54) is 0 Å². The van der Waals surface area contributed by atoms with Gasteiger partial charge in [-0.15, -0.1) is 0 Å². The Labute approximate surface area is 129 Å². The summed E-state index contributed by atoms with van der Waals surface area (Å²) in [6.45, 7) is 8.90. The summed E-state index contributed by atoms with van der Waals surface area (Å²) in [4.78, 5) is 12.3. The summed E-state index contributed by atoms with van der Waals surface area (Å²) in [7, 11) is 0. The molecule has 112 valence electrons. The van der Waals surface area contributed by atoms with Crippen LogP contribution in [0.2, 0.25) is 5.28 Å². The first-order valence-corrected chi connectivity index (χ1v) is 7.28. The third-order valence-electron chi connectivity index (χ3n) is 3.09. The molecule has 1 heterocycles. The molecule has 0 radical (unpaired) electrons. The number of rotatable bonds is 5. The summed E-state index contributed by atoms with van der Waals surface area (Å²) in [5, 5.41) is 3.18. The molecule has 2 aromatic rings. The van der Waals surface area contributed by atoms with E-state index in [2.05, 4.69) is 33.3 Å². The Hall–Kier alpha value is -1.88. The summed E-state index contributed by atoms with van der Waals surface area (Å²) < 4.78 is 5.79. The standard InChI is InChI=1S/C15H19ClN4O/c1-5-6-17-14-18-13(16)19-15(20-14)21-12-8-9(2)7-10(3)11(12)4/h7-8H,5-6H2,1-4H3,(H,17,18,19,20). The molecule has 0 aliphatic rings. The van der Waals surface area contributed by atoms with Gasteiger partial charge in [0.05, 0.1) is 0 Å². The molecule has 5 nitrogen and oxygen atoms in total. The normalized spacial score (nSPS) is 10.5. The Morgan fingerprint density at radius 2 is 1.90 bits per heavy atom. The first kappa shape index (κ1) is 15.5. The molecule has 0 aliphatic heterocycles. The van der Waals surface area contributed by atoms with Gasteiger partial charge >= 0.3 is 6.01 Å². The Kier molecular flexibility index (Phi) is 4.96. The maximum Gasteiger partial charge on any atom is 0.328 e. The molecule has 1 N–H and O–H groups in total. The Morgan fingerprint density at radius 3 is 2.62 bits per heavy atom. The van der Waals surface area contributed by atoms with Crippen molar-refractivity contribution in [3.63, 3.8) is 0 Å². The SMILES string of the molecule is CCCNc1nc(Cl)nc(Oc2cc(C)cc(C)c2C)n1. The van der Waals surface area contributed by atoms with Gasteiger partial charge in [-0.05, 0) is 61.5 Å². The van der Waals surface area contributed by atoms with Gasteiger partial charge in [0.1, 0.15) is 5.75 Å². The number of benzene rings is 1. The van der Waals surface area contributed by atoms with Crippen molar-refractivity contribution in [1.82, 2.24) is 15.0 Å². The van der Waals surface area contributed by atoms with Gasteiger partial charge in [0.25, 0.3) is 0 Å². The molecular weight excluding hydrogens is 288 g/mol. The predicted molar refractivity (Wildman–Crippen MR) is 84.3 cm³/mol. The third-order valence-corrected chi connectivity index (χ3v) is 3.26. The second-order valence-electron chi connectivity index (χ2n) is 4.94. The molecule has 1 aromatic heterocycles. The van der Waals surface area contributed by atoms with Gasteiger partial charge in [0.2, 0.25) is 11.2 Å². The van der Waals surface area contributed by atoms with E-state index in [1.807, 2.05) is 26.8 Å². The highest BCUT2D eigenvalue weighted by Crippen LogP contribution is 2.27. The highest BCUT2D eigenvalue weighted by molar-refractivity contribution is 6.28. The quantitative estimate of drug-likeness (QED) is 0.902. The topological polar surface area (TPSA) is 59.9 Å². The Morgan fingerprint density at radius 1 is 1.14 bits per heavy atom. The van der Waals surface area contributed by atoms with Crippen LogP contribution in [0.25, 0.3) is 0 Å². The third kappa shape index (κ3) is 4.04. The number of aryl methyl sites for hydroxylation is 2. The van der Waals surface area contributed by atoms with E-state index in [1.54, 1.807) is 0 Å². The predicted octanol–water partition coefficient (Wildman–Crippen LogP) is 4.06. The number of ether oxygens (including phenoxy) is 1. The van der Waals surface area contributed by atoms with Crippen LogP contribution in [0.5, 0.6) is 11.8 Å². The first-order valence-electron chi connectivity index (χ1n) is 6.90. The van der Waals surface area contributed by atoms with Crippen LogP contribution in [0, 0.1) is 20.8 Å². The monoisotopic (exact) mass is 306 g/mol. The number of anilines is 1. The highest BCUT2D eigenvalue weighted by atomic mass is 35.5. The van der Waals surface area contributed by atoms with Crippen molar-refractivity contribution in [3.05, 3.63) is 34.1 Å². The molecule has 0 atom stereocenters. The van der Waals surface area contributed by atoms with Gasteiger partial charge in [-0.3, -0.25) is 0 Å². The minimum Gasteiger partial charge on any atom is -0.424 e. The van der Waals surface area contributed by atoms with Gasteiger partial charge < -0.3 is 10.1 Å². The molecule has 6 heteroatoms. The summed E-state index contributed by atoms with van der Waals surface area (Å²) in [6, 6.07) is 4.26. The molecule has 0 spiro atoms. The van der Waals surface area contributed by atoms with Gasteiger partial charge in [0, 0.05) is 6.54 Å². The minimum atomic E-state index is 0.112. The number of hydrogen-bond donors (Lipinski definition) is 1. The fourth-order valence-electron chi connectivity index (χ4n) is 1.90. The van der Waals surface area contributed by atoms with Gasteiger partial charge in [-0.2, -0.15) is 15.0 Å². The molecule has 0 amide bonds. The smallest absolute Gasteiger partial charge is 0.328 e. The first-order chi connectivity index (χ1) is 9.99. The lowest BCUT2D eigenvalue weighted by atomic mass is 10.1. The lowest BCUT2D eigenvalue weighted by Gasteiger charge is -2.11. The van der Waals surface area contributed by atoms with Crippen LogP contribution in [0.4, 0.5) is 5.95 Å². The molecule has 0 unspecified atom stereocenters. The van der Waals surface area contributed by atoms with Crippen LogP contribution in [0.15, 0.2) is 12.1 Å². The van der Waals surface area contributed by atoms with E-state index in [4.69, 9.17) is 16.3 Å². The number of nitrogens with zero attached hydrogens (tertiary/aromatic N) is 3. The second kappa shape index (κ2) is 6.72. The lowest BCUT2D eigenvalue weighted by Crippen LogP contribution is -2.06. The van der Waals surface area contributed by atoms with E-state index in [0.717, 1.165) is 35.4 Å². The maximum absolute atomic E-state index is 5.92. The average molecular weight is 307 g/mol. The van der Waals surface area contributed by atoms with Crippen molar-refractivity contribution >= 4 is 17.5 Å². The number of nitrogens with one attached hydrogen (secondary N) is 1. The van der Waals surface area contributed by atoms with Crippen LogP contribution >= 0.6 is 11.6 Å². The van der Waals surface area contributed by atoms with E-state index < -0.39 is 0 Å². The van der Waals surface area contributed by atoms with Crippen LogP contribution in [-0.2, 0) is 0 Å². The van der Waals surface area contributed by atoms with Crippen LogP contribution in [0.3, 0.4) is 0 Å². The zero-order chi connectivity index (χ0) is 15.4. The average Bonchev–Trinajstić information content (AvgIpc) is 2.41. The molecule has 0 fully saturated rings. The summed E-state index contributed by atoms with van der Waals surface area (Å²) in [5.41, 5.74) is 3.34. The molecular formula is C15H19ClN4O. The summed E-state index contributed by atoms with van der Waals surface area (Å²) in [6.07, 6.45) is 0.968. The van der Waals surface area contributed by atoms with Crippen molar-refractivity contribution < 1.29 is 4.74 Å². The van der Waals surface area contributed by atoms with Gasteiger partial charge in [-0.25, -0.2) is 0 Å². The molecule has 2 rings (SSSR count). The zero-order valence-corrected chi connectivity index (χ0v) is 13.5. The van der Waals surface area contributed by atoms with Gasteiger partial charge in [-0.1, -0.05) is 13.0 Å². The fraction of sp³-hybridized carbons (Fsp3) is 0.400. The van der Waals surface area contributed by atoms with E-state index in [0.29, 0.717) is 5.95 Å². The number of hydrogen-bond acceptors (Lipinski definition) is 5. The van der Waals surface area contributed by atoms with Gasteiger partial charge in [0.15, 0.2) is 0 Å². The molecule has 1 aromatic carbocycles. The van der Waals surface area contributed by atoms with Crippen molar-refractivity contribution in [2.75, 3.05) is 11.9 Å². The van der Waals surface area contributed by atoms with E-state index >= 15 is 0 Å². The van der Waals surface area contributed by atoms with Crippen LogP contribution in [-0.4, -0.2) is 21.5 Å². The highest BCUT2D eigenvalue weighted by Gasteiger charge is 2.10. The lowest BCUT2D eigenvalue weighted by molar-refractivity contribution is 0.436. The van der Waals surface area contributed by atoms with Crippen molar-refractivity contribution in [1.29, 1.82) is 0 Å². The maximum atomic E-state index is 5.92. The molecule has 0 bridgehead atoms. The van der Waals surface area contributed by atoms with E-state index in [-0.39, 0.29) is 11.3 Å². The molecule has 0 saturated carbocycles. The number of aromatic nitrogens is 3.